The van der Waals surface area contributed by atoms with E-state index in [4.69, 9.17) is 16.3 Å². The normalized spacial score (nSPS) is 34.1. The molecule has 0 aliphatic carbocycles. The standard InChI is InChI=1S/C11H12N2O6/c1-2-11(18)8(16)6(5-14)19-9(11)13-4-3-7(15)12-10(13)17/h1,3-4,6,8-9,14,16,18H,5H2,(H,12,15,17)/t6-,8?,9-,11-/m1/s1. The number of nitrogens with zero attached hydrogens (tertiary/aromatic N) is 1. The van der Waals surface area contributed by atoms with Crippen molar-refractivity contribution in [2.75, 3.05) is 6.61 Å². The molecule has 2 rings (SSSR count). The number of aromatic nitrogens is 2. The molecule has 102 valence electrons. The van der Waals surface area contributed by atoms with Crippen molar-refractivity contribution in [3.8, 4) is 12.3 Å². The molecule has 4 atom stereocenters. The highest BCUT2D eigenvalue weighted by Gasteiger charge is 2.55. The Bertz CT molecular complexity index is 629. The fourth-order valence-corrected chi connectivity index (χ4v) is 1.96. The average molecular weight is 268 g/mol. The molecule has 1 saturated heterocycles. The minimum absolute atomic E-state index is 0.584. The molecule has 0 radical (unpaired) electrons. The maximum atomic E-state index is 11.6. The molecule has 0 spiro atoms. The van der Waals surface area contributed by atoms with Crippen molar-refractivity contribution in [3.05, 3.63) is 33.1 Å². The van der Waals surface area contributed by atoms with Gasteiger partial charge in [-0.15, -0.1) is 6.42 Å². The first kappa shape index (κ1) is 13.5. The van der Waals surface area contributed by atoms with Crippen LogP contribution in [0.25, 0.3) is 0 Å². The molecule has 1 unspecified atom stereocenters. The number of aliphatic hydroxyl groups is 3. The maximum absolute atomic E-state index is 11.6. The SMILES string of the molecule is C#C[C@@]1(O)C(O)[C@@H](CO)O[C@H]1n1ccc(=O)[nH]c1=O. The van der Waals surface area contributed by atoms with Gasteiger partial charge in [-0.1, -0.05) is 5.92 Å². The summed E-state index contributed by atoms with van der Waals surface area (Å²) in [5.74, 6) is 1.96. The third kappa shape index (κ3) is 1.98. The Morgan fingerprint density at radius 3 is 2.79 bits per heavy atom. The molecule has 0 aromatic carbocycles. The lowest BCUT2D eigenvalue weighted by atomic mass is 9.95. The van der Waals surface area contributed by atoms with Crippen molar-refractivity contribution >= 4 is 0 Å². The van der Waals surface area contributed by atoms with Crippen LogP contribution in [0.1, 0.15) is 6.23 Å². The van der Waals surface area contributed by atoms with E-state index in [1.54, 1.807) is 0 Å². The molecule has 0 saturated carbocycles. The largest absolute Gasteiger partial charge is 0.394 e. The number of hydrogen-bond donors (Lipinski definition) is 4. The smallest absolute Gasteiger partial charge is 0.330 e. The highest BCUT2D eigenvalue weighted by molar-refractivity contribution is 5.19. The summed E-state index contributed by atoms with van der Waals surface area (Å²) < 4.78 is 6.03. The number of aliphatic hydroxyl groups excluding tert-OH is 2. The molecule has 4 N–H and O–H groups in total. The number of nitrogens with one attached hydrogen (secondary N) is 1. The van der Waals surface area contributed by atoms with Gasteiger partial charge < -0.3 is 20.1 Å². The van der Waals surface area contributed by atoms with Crippen molar-refractivity contribution in [1.82, 2.24) is 9.55 Å². The van der Waals surface area contributed by atoms with Gasteiger partial charge in [0.15, 0.2) is 11.8 Å². The topological polar surface area (TPSA) is 125 Å². The summed E-state index contributed by atoms with van der Waals surface area (Å²) in [6.45, 7) is -0.584. The van der Waals surface area contributed by atoms with E-state index in [-0.39, 0.29) is 0 Å². The summed E-state index contributed by atoms with van der Waals surface area (Å²) >= 11 is 0. The number of hydrogen-bond acceptors (Lipinski definition) is 6. The molecule has 8 heteroatoms. The highest BCUT2D eigenvalue weighted by Crippen LogP contribution is 2.36. The number of rotatable bonds is 2. The van der Waals surface area contributed by atoms with Gasteiger partial charge in [0.1, 0.15) is 12.2 Å². The summed E-state index contributed by atoms with van der Waals surface area (Å²) in [7, 11) is 0. The lowest BCUT2D eigenvalue weighted by Gasteiger charge is -2.26. The zero-order valence-corrected chi connectivity index (χ0v) is 9.68. The van der Waals surface area contributed by atoms with Crippen LogP contribution in [0.3, 0.4) is 0 Å². The monoisotopic (exact) mass is 268 g/mol. The first-order chi connectivity index (χ1) is 8.93. The van der Waals surface area contributed by atoms with Crippen molar-refractivity contribution in [1.29, 1.82) is 0 Å². The average Bonchev–Trinajstić information content (AvgIpc) is 2.63. The van der Waals surface area contributed by atoms with Crippen molar-refractivity contribution in [2.45, 2.75) is 24.0 Å². The minimum atomic E-state index is -2.19. The molecule has 8 nitrogen and oxygen atoms in total. The zero-order valence-electron chi connectivity index (χ0n) is 9.68. The van der Waals surface area contributed by atoms with Gasteiger partial charge in [-0.05, 0) is 0 Å². The van der Waals surface area contributed by atoms with E-state index in [1.807, 2.05) is 10.9 Å². The molecular formula is C11H12N2O6. The zero-order chi connectivity index (χ0) is 14.2. The molecule has 0 bridgehead atoms. The van der Waals surface area contributed by atoms with Crippen molar-refractivity contribution in [3.63, 3.8) is 0 Å². The fourth-order valence-electron chi connectivity index (χ4n) is 1.96. The first-order valence-electron chi connectivity index (χ1n) is 5.40. The van der Waals surface area contributed by atoms with Gasteiger partial charge in [0, 0.05) is 12.3 Å². The van der Waals surface area contributed by atoms with Crippen LogP contribution in [-0.2, 0) is 4.74 Å². The van der Waals surface area contributed by atoms with Crippen LogP contribution in [0, 0.1) is 12.3 Å². The fraction of sp³-hybridized carbons (Fsp3) is 0.455. The van der Waals surface area contributed by atoms with E-state index in [0.717, 1.165) is 16.8 Å². The molecule has 1 aromatic rings. The molecule has 0 amide bonds. The quantitative estimate of drug-likeness (QED) is 0.428. The number of aromatic amines is 1. The van der Waals surface area contributed by atoms with E-state index >= 15 is 0 Å². The molecular weight excluding hydrogens is 256 g/mol. The molecule has 19 heavy (non-hydrogen) atoms. The van der Waals surface area contributed by atoms with Crippen LogP contribution in [0.2, 0.25) is 0 Å². The van der Waals surface area contributed by atoms with Crippen LogP contribution in [0.5, 0.6) is 0 Å². The molecule has 2 heterocycles. The van der Waals surface area contributed by atoms with Crippen LogP contribution in [0.15, 0.2) is 21.9 Å². The van der Waals surface area contributed by atoms with E-state index in [2.05, 4.69) is 0 Å². The lowest BCUT2D eigenvalue weighted by molar-refractivity contribution is -0.0764. The predicted octanol–water partition coefficient (Wildman–Crippen LogP) is -2.85. The Morgan fingerprint density at radius 2 is 2.26 bits per heavy atom. The Morgan fingerprint density at radius 1 is 1.58 bits per heavy atom. The second kappa shape index (κ2) is 4.64. The van der Waals surface area contributed by atoms with Gasteiger partial charge in [0.2, 0.25) is 0 Å². The number of terminal acetylenes is 1. The van der Waals surface area contributed by atoms with Crippen LogP contribution < -0.4 is 11.2 Å². The van der Waals surface area contributed by atoms with E-state index in [1.165, 1.54) is 0 Å². The van der Waals surface area contributed by atoms with Gasteiger partial charge in [-0.2, -0.15) is 0 Å². The second-order valence-corrected chi connectivity index (χ2v) is 4.14. The van der Waals surface area contributed by atoms with Crippen molar-refractivity contribution in [2.24, 2.45) is 0 Å². The van der Waals surface area contributed by atoms with E-state index in [0.29, 0.717) is 0 Å². The molecule has 1 aliphatic rings. The summed E-state index contributed by atoms with van der Waals surface area (Å²) in [4.78, 5) is 24.6. The summed E-state index contributed by atoms with van der Waals surface area (Å²) in [6.07, 6.45) is 2.15. The van der Waals surface area contributed by atoms with Gasteiger partial charge in [0.05, 0.1) is 6.61 Å². The van der Waals surface area contributed by atoms with Crippen LogP contribution >= 0.6 is 0 Å². The Kier molecular flexibility index (Phi) is 3.30. The predicted molar refractivity (Wildman–Crippen MR) is 62.1 cm³/mol. The lowest BCUT2D eigenvalue weighted by Crippen LogP contribution is -2.48. The summed E-state index contributed by atoms with van der Waals surface area (Å²) in [5.41, 5.74) is -3.66. The second-order valence-electron chi connectivity index (χ2n) is 4.14. The molecule has 1 aliphatic heterocycles. The molecule has 1 aromatic heterocycles. The number of ether oxygens (including phenoxy) is 1. The first-order valence-corrected chi connectivity index (χ1v) is 5.40. The Balaban J connectivity index is 2.52. The van der Waals surface area contributed by atoms with Gasteiger partial charge in [0.25, 0.3) is 5.56 Å². The van der Waals surface area contributed by atoms with Gasteiger partial charge in [-0.3, -0.25) is 14.3 Å². The summed E-state index contributed by atoms with van der Waals surface area (Å²) in [6, 6.07) is 1.04. The van der Waals surface area contributed by atoms with E-state index < -0.39 is 41.9 Å². The minimum Gasteiger partial charge on any atom is -0.394 e. The molecule has 1 fully saturated rings. The van der Waals surface area contributed by atoms with Crippen molar-refractivity contribution < 1.29 is 20.1 Å². The Hall–Kier alpha value is -1.92. The third-order valence-electron chi connectivity index (χ3n) is 3.00. The van der Waals surface area contributed by atoms with Crippen LogP contribution in [0.4, 0.5) is 0 Å². The number of H-pyrrole nitrogens is 1. The summed E-state index contributed by atoms with van der Waals surface area (Å²) in [5, 5.41) is 29.1. The third-order valence-corrected chi connectivity index (χ3v) is 3.00. The van der Waals surface area contributed by atoms with Crippen LogP contribution in [-0.4, -0.2) is 49.3 Å². The Labute approximate surface area is 106 Å². The maximum Gasteiger partial charge on any atom is 0.330 e. The highest BCUT2D eigenvalue weighted by atomic mass is 16.6. The van der Waals surface area contributed by atoms with Gasteiger partial charge in [-0.25, -0.2) is 4.79 Å². The van der Waals surface area contributed by atoms with Gasteiger partial charge >= 0.3 is 5.69 Å². The van der Waals surface area contributed by atoms with E-state index in [9.17, 15) is 19.8 Å².